The van der Waals surface area contributed by atoms with Crippen LogP contribution in [0.1, 0.15) is 16.9 Å². The van der Waals surface area contributed by atoms with Gasteiger partial charge in [-0.1, -0.05) is 11.3 Å². The van der Waals surface area contributed by atoms with Crippen LogP contribution in [-0.2, 0) is 0 Å². The second kappa shape index (κ2) is 8.04. The number of hydrogen-bond donors (Lipinski definition) is 1. The van der Waals surface area contributed by atoms with E-state index >= 15 is 0 Å². The summed E-state index contributed by atoms with van der Waals surface area (Å²) in [6, 6.07) is 6.04. The van der Waals surface area contributed by atoms with Gasteiger partial charge in [-0.05, 0) is 32.0 Å². The van der Waals surface area contributed by atoms with E-state index in [0.717, 1.165) is 13.0 Å². The van der Waals surface area contributed by atoms with E-state index in [1.807, 2.05) is 7.05 Å². The fourth-order valence-electron chi connectivity index (χ4n) is 2.87. The van der Waals surface area contributed by atoms with Gasteiger partial charge in [0.05, 0.1) is 16.8 Å². The molecule has 2 heterocycles. The van der Waals surface area contributed by atoms with E-state index in [1.165, 1.54) is 23.0 Å². The molecule has 134 valence electrons. The number of amides is 1. The van der Waals surface area contributed by atoms with Crippen LogP contribution in [-0.4, -0.2) is 57.4 Å². The summed E-state index contributed by atoms with van der Waals surface area (Å²) in [4.78, 5) is 24.6. The summed E-state index contributed by atoms with van der Waals surface area (Å²) in [5.74, 6) is 0.288. The summed E-state index contributed by atoms with van der Waals surface area (Å²) >= 11 is 0. The molecule has 0 radical (unpaired) electrons. The van der Waals surface area contributed by atoms with Crippen molar-refractivity contribution in [1.29, 1.82) is 0 Å². The largest absolute Gasteiger partial charge is 0.337 e. The van der Waals surface area contributed by atoms with E-state index in [2.05, 4.69) is 15.6 Å². The zero-order valence-corrected chi connectivity index (χ0v) is 14.5. The molecular formula is C15H19ClN6O3. The number of nitro groups is 1. The Hall–Kier alpha value is -2.52. The Bertz CT molecular complexity index is 765. The van der Waals surface area contributed by atoms with Crippen molar-refractivity contribution in [2.75, 3.05) is 26.7 Å². The van der Waals surface area contributed by atoms with Gasteiger partial charge >= 0.3 is 0 Å². The maximum atomic E-state index is 12.5. The van der Waals surface area contributed by atoms with E-state index in [0.29, 0.717) is 24.7 Å². The maximum Gasteiger partial charge on any atom is 0.276 e. The Morgan fingerprint density at radius 1 is 1.48 bits per heavy atom. The molecule has 3 rings (SSSR count). The highest BCUT2D eigenvalue weighted by Gasteiger charge is 2.28. The molecule has 25 heavy (non-hydrogen) atoms. The van der Waals surface area contributed by atoms with Gasteiger partial charge in [-0.2, -0.15) is 0 Å². The molecule has 9 nitrogen and oxygen atoms in total. The Labute approximate surface area is 150 Å². The van der Waals surface area contributed by atoms with Gasteiger partial charge < -0.3 is 10.2 Å². The van der Waals surface area contributed by atoms with Crippen LogP contribution in [0.5, 0.6) is 0 Å². The summed E-state index contributed by atoms with van der Waals surface area (Å²) in [7, 11) is 1.90. The van der Waals surface area contributed by atoms with Crippen LogP contribution in [0, 0.1) is 16.0 Å². The third kappa shape index (κ3) is 4.12. The molecule has 1 atom stereocenters. The maximum absolute atomic E-state index is 12.5. The first-order valence-electron chi connectivity index (χ1n) is 7.69. The lowest BCUT2D eigenvalue weighted by Crippen LogP contribution is -2.30. The highest BCUT2D eigenvalue weighted by Crippen LogP contribution is 2.19. The van der Waals surface area contributed by atoms with E-state index < -0.39 is 4.92 Å². The summed E-state index contributed by atoms with van der Waals surface area (Å²) < 4.78 is 1.38. The predicted molar refractivity (Wildman–Crippen MR) is 93.2 cm³/mol. The Balaban J connectivity index is 0.00000225. The molecule has 1 saturated heterocycles. The second-order valence-electron chi connectivity index (χ2n) is 5.79. The van der Waals surface area contributed by atoms with Crippen LogP contribution in [0.15, 0.2) is 30.5 Å². The van der Waals surface area contributed by atoms with Crippen molar-refractivity contribution in [1.82, 2.24) is 25.2 Å². The zero-order chi connectivity index (χ0) is 17.1. The van der Waals surface area contributed by atoms with Crippen molar-refractivity contribution in [3.63, 3.8) is 0 Å². The van der Waals surface area contributed by atoms with Crippen molar-refractivity contribution in [2.45, 2.75) is 6.42 Å². The molecule has 1 aliphatic heterocycles. The number of nitro benzene ring substituents is 1. The smallest absolute Gasteiger partial charge is 0.276 e. The van der Waals surface area contributed by atoms with Crippen molar-refractivity contribution >= 4 is 24.0 Å². The number of halogens is 1. The third-order valence-electron chi connectivity index (χ3n) is 4.08. The van der Waals surface area contributed by atoms with Gasteiger partial charge in [0.2, 0.25) is 0 Å². The first kappa shape index (κ1) is 18.8. The molecule has 1 fully saturated rings. The Kier molecular flexibility index (Phi) is 6.05. The molecule has 1 aromatic carbocycles. The summed E-state index contributed by atoms with van der Waals surface area (Å²) in [6.45, 7) is 2.28. The van der Waals surface area contributed by atoms with E-state index in [-0.39, 0.29) is 29.7 Å². The molecule has 1 amide bonds. The highest BCUT2D eigenvalue weighted by molar-refractivity contribution is 5.92. The molecule has 1 unspecified atom stereocenters. The van der Waals surface area contributed by atoms with Crippen LogP contribution in [0.4, 0.5) is 5.69 Å². The standard InChI is InChI=1S/C15H18N6O3.ClH/c1-16-8-11-5-6-19(9-11)15(22)14-10-20(18-17-14)12-3-2-4-13(7-12)21(23)24;/h2-4,7,10-11,16H,5-6,8-9H2,1H3;1H. The molecule has 0 saturated carbocycles. The normalized spacial score (nSPS) is 16.5. The molecule has 0 aliphatic carbocycles. The minimum absolute atomic E-state index is 0. The van der Waals surface area contributed by atoms with E-state index in [4.69, 9.17) is 0 Å². The quantitative estimate of drug-likeness (QED) is 0.631. The molecule has 0 bridgehead atoms. The number of benzene rings is 1. The number of carbonyl (C=O) groups excluding carboxylic acids is 1. The number of nitrogens with zero attached hydrogens (tertiary/aromatic N) is 5. The van der Waals surface area contributed by atoms with Crippen molar-refractivity contribution in [3.05, 3.63) is 46.3 Å². The van der Waals surface area contributed by atoms with Crippen molar-refractivity contribution in [3.8, 4) is 5.69 Å². The Morgan fingerprint density at radius 3 is 3.00 bits per heavy atom. The van der Waals surface area contributed by atoms with Gasteiger partial charge in [-0.3, -0.25) is 14.9 Å². The molecule has 10 heteroatoms. The van der Waals surface area contributed by atoms with Crippen molar-refractivity contribution in [2.24, 2.45) is 5.92 Å². The third-order valence-corrected chi connectivity index (χ3v) is 4.08. The lowest BCUT2D eigenvalue weighted by atomic mass is 10.1. The SMILES string of the molecule is CNCC1CCN(C(=O)c2cn(-c3cccc([N+](=O)[O-])c3)nn2)C1.Cl. The van der Waals surface area contributed by atoms with Gasteiger partial charge in [-0.15, -0.1) is 17.5 Å². The van der Waals surface area contributed by atoms with Gasteiger partial charge in [0, 0.05) is 25.2 Å². The number of aromatic nitrogens is 3. The van der Waals surface area contributed by atoms with Gasteiger partial charge in [0.15, 0.2) is 5.69 Å². The van der Waals surface area contributed by atoms with Gasteiger partial charge in [-0.25, -0.2) is 4.68 Å². The number of likely N-dealkylation sites (tertiary alicyclic amines) is 1. The van der Waals surface area contributed by atoms with Crippen molar-refractivity contribution < 1.29 is 9.72 Å². The monoisotopic (exact) mass is 366 g/mol. The average molecular weight is 367 g/mol. The fraction of sp³-hybridized carbons (Fsp3) is 0.400. The molecule has 2 aromatic rings. The van der Waals surface area contributed by atoms with Gasteiger partial charge in [0.1, 0.15) is 0 Å². The first-order valence-corrected chi connectivity index (χ1v) is 7.69. The molecule has 1 aliphatic rings. The van der Waals surface area contributed by atoms with Crippen LogP contribution in [0.25, 0.3) is 5.69 Å². The first-order chi connectivity index (χ1) is 11.6. The van der Waals surface area contributed by atoms with E-state index in [1.54, 1.807) is 17.0 Å². The van der Waals surface area contributed by atoms with Crippen LogP contribution < -0.4 is 5.32 Å². The average Bonchev–Trinajstić information content (AvgIpc) is 3.24. The number of non-ortho nitro benzene ring substituents is 1. The summed E-state index contributed by atoms with van der Waals surface area (Å²) in [5.41, 5.74) is 0.696. The van der Waals surface area contributed by atoms with E-state index in [9.17, 15) is 14.9 Å². The highest BCUT2D eigenvalue weighted by atomic mass is 35.5. The van der Waals surface area contributed by atoms with Gasteiger partial charge in [0.25, 0.3) is 11.6 Å². The van der Waals surface area contributed by atoms with Crippen LogP contribution in [0.3, 0.4) is 0 Å². The fourth-order valence-corrected chi connectivity index (χ4v) is 2.87. The number of carbonyl (C=O) groups is 1. The predicted octanol–water partition coefficient (Wildman–Crippen LogP) is 1.28. The van der Waals surface area contributed by atoms with Crippen LogP contribution >= 0.6 is 12.4 Å². The lowest BCUT2D eigenvalue weighted by molar-refractivity contribution is -0.384. The second-order valence-corrected chi connectivity index (χ2v) is 5.79. The topological polar surface area (TPSA) is 106 Å². The molecule has 1 aromatic heterocycles. The Morgan fingerprint density at radius 2 is 2.28 bits per heavy atom. The molecule has 0 spiro atoms. The summed E-state index contributed by atoms with van der Waals surface area (Å²) in [5, 5.41) is 21.8. The molecular weight excluding hydrogens is 348 g/mol. The lowest BCUT2D eigenvalue weighted by Gasteiger charge is -2.14. The molecule has 1 N–H and O–H groups in total. The number of hydrogen-bond acceptors (Lipinski definition) is 6. The zero-order valence-electron chi connectivity index (χ0n) is 13.7. The minimum atomic E-state index is -0.474. The number of rotatable bonds is 5. The van der Waals surface area contributed by atoms with Crippen LogP contribution in [0.2, 0.25) is 0 Å². The minimum Gasteiger partial charge on any atom is -0.337 e. The summed E-state index contributed by atoms with van der Waals surface area (Å²) in [6.07, 6.45) is 2.47. The number of nitrogens with one attached hydrogen (secondary N) is 1.